The van der Waals surface area contributed by atoms with E-state index in [0.717, 1.165) is 102 Å². The Hall–Kier alpha value is -2.06. The number of carbonyl (C=O) groups excluding carboxylic acids is 1. The molecular weight excluding hydrogens is 572 g/mol. The van der Waals surface area contributed by atoms with Crippen LogP contribution >= 0.6 is 0 Å². The monoisotopic (exact) mass is 630 g/mol. The number of pyridine rings is 1. The summed E-state index contributed by atoms with van der Waals surface area (Å²) in [5.74, 6) is 3.01. The quantitative estimate of drug-likeness (QED) is 0.411. The molecule has 1 aromatic rings. The third-order valence-corrected chi connectivity index (χ3v) is 14.2. The Kier molecular flexibility index (Phi) is 8.78. The Morgan fingerprint density at radius 1 is 1.07 bits per heavy atom. The van der Waals surface area contributed by atoms with Crippen molar-refractivity contribution in [2.75, 3.05) is 50.7 Å². The van der Waals surface area contributed by atoms with Crippen molar-refractivity contribution in [3.8, 4) is 0 Å². The number of piperazine rings is 1. The summed E-state index contributed by atoms with van der Waals surface area (Å²) in [7, 11) is 0. The molecule has 46 heavy (non-hydrogen) atoms. The molecule has 10 atom stereocenters. The van der Waals surface area contributed by atoms with E-state index in [0.29, 0.717) is 23.5 Å². The van der Waals surface area contributed by atoms with Crippen molar-refractivity contribution >= 4 is 11.6 Å². The standard InChI is InChI=1S/C39H58N4O3/c1-25-22-32(45)36(43(24-25)21-18-41-16-19-42(20-17-41)33-8-6-7-15-40-33)27(3)38(4)14-12-30-31-10-9-28-23-29(44)11-13-39(28,5)35(31)37(46)34(30)26(38)2/h6-9,15,25,27,29-32,35-36,44-45H,10-14,16-24H2,1-5H3/t25-,27+,29-,30-,31-,32+,35+,36-,38+,39-/m0/s1. The van der Waals surface area contributed by atoms with Gasteiger partial charge in [-0.15, -0.1) is 0 Å². The number of hydrogen-bond donors (Lipinski definition) is 2. The van der Waals surface area contributed by atoms with Gasteiger partial charge in [0.1, 0.15) is 5.82 Å². The molecule has 4 fully saturated rings. The molecule has 0 radical (unpaired) electrons. The molecule has 4 aliphatic carbocycles. The Labute approximate surface area is 277 Å². The molecule has 0 bridgehead atoms. The zero-order valence-electron chi connectivity index (χ0n) is 29.0. The van der Waals surface area contributed by atoms with Crippen molar-refractivity contribution < 1.29 is 15.0 Å². The lowest BCUT2D eigenvalue weighted by molar-refractivity contribution is -0.123. The Balaban J connectivity index is 1.08. The summed E-state index contributed by atoms with van der Waals surface area (Å²) in [5, 5.41) is 22.2. The average Bonchev–Trinajstić information content (AvgIpc) is 3.35. The number of fused-ring (bicyclic) bond motifs is 5. The van der Waals surface area contributed by atoms with Gasteiger partial charge in [-0.2, -0.15) is 0 Å². The number of piperidine rings is 1. The van der Waals surface area contributed by atoms with Gasteiger partial charge in [0.2, 0.25) is 0 Å². The van der Waals surface area contributed by atoms with Crippen LogP contribution in [0.5, 0.6) is 0 Å². The van der Waals surface area contributed by atoms with Gasteiger partial charge >= 0.3 is 0 Å². The summed E-state index contributed by atoms with van der Waals surface area (Å²) in [6.45, 7) is 18.7. The summed E-state index contributed by atoms with van der Waals surface area (Å²) >= 11 is 0. The zero-order valence-corrected chi connectivity index (χ0v) is 29.0. The summed E-state index contributed by atoms with van der Waals surface area (Å²) < 4.78 is 0. The lowest BCUT2D eigenvalue weighted by atomic mass is 9.56. The first kappa shape index (κ1) is 32.5. The maximum atomic E-state index is 14.6. The van der Waals surface area contributed by atoms with E-state index in [-0.39, 0.29) is 40.9 Å². The lowest BCUT2D eigenvalue weighted by Crippen LogP contribution is -2.59. The predicted octanol–water partition coefficient (Wildman–Crippen LogP) is 5.34. The third-order valence-electron chi connectivity index (χ3n) is 14.2. The molecule has 7 rings (SSSR count). The number of aliphatic hydroxyl groups excluding tert-OH is 2. The summed E-state index contributed by atoms with van der Waals surface area (Å²) in [6, 6.07) is 6.23. The van der Waals surface area contributed by atoms with E-state index in [1.165, 1.54) is 11.1 Å². The Morgan fingerprint density at radius 2 is 1.85 bits per heavy atom. The third kappa shape index (κ3) is 5.41. The molecule has 1 aromatic heterocycles. The van der Waals surface area contributed by atoms with Crippen LogP contribution in [0.25, 0.3) is 0 Å². The van der Waals surface area contributed by atoms with E-state index in [4.69, 9.17) is 0 Å². The maximum absolute atomic E-state index is 14.6. The van der Waals surface area contributed by atoms with Crippen molar-refractivity contribution in [2.24, 2.45) is 40.4 Å². The van der Waals surface area contributed by atoms with Crippen LogP contribution in [0.2, 0.25) is 0 Å². The highest BCUT2D eigenvalue weighted by Gasteiger charge is 2.60. The fraction of sp³-hybridized carbons (Fsp3) is 0.744. The fourth-order valence-corrected chi connectivity index (χ4v) is 11.2. The molecule has 7 nitrogen and oxygen atoms in total. The second-order valence-corrected chi connectivity index (χ2v) is 16.6. The number of carbonyl (C=O) groups is 1. The summed E-state index contributed by atoms with van der Waals surface area (Å²) in [5.41, 5.74) is 3.57. The first-order valence-corrected chi connectivity index (χ1v) is 18.4. The molecule has 2 saturated heterocycles. The number of aliphatic hydroxyl groups is 2. The van der Waals surface area contributed by atoms with Gasteiger partial charge in [-0.3, -0.25) is 14.6 Å². The number of aromatic nitrogens is 1. The van der Waals surface area contributed by atoms with Crippen molar-refractivity contribution in [1.29, 1.82) is 0 Å². The fourth-order valence-electron chi connectivity index (χ4n) is 11.2. The highest BCUT2D eigenvalue weighted by Crippen LogP contribution is 2.63. The minimum absolute atomic E-state index is 0.0587. The van der Waals surface area contributed by atoms with Gasteiger partial charge < -0.3 is 15.1 Å². The molecule has 6 aliphatic rings. The van der Waals surface area contributed by atoms with Gasteiger partial charge in [0, 0.05) is 64.0 Å². The number of nitrogens with zero attached hydrogens (tertiary/aromatic N) is 4. The number of rotatable bonds is 6. The highest BCUT2D eigenvalue weighted by molar-refractivity contribution is 6.02. The van der Waals surface area contributed by atoms with Gasteiger partial charge in [-0.25, -0.2) is 4.98 Å². The summed E-state index contributed by atoms with van der Waals surface area (Å²) in [4.78, 5) is 26.7. The summed E-state index contributed by atoms with van der Waals surface area (Å²) in [6.07, 6.45) is 10.1. The van der Waals surface area contributed by atoms with Crippen molar-refractivity contribution in [3.05, 3.63) is 47.2 Å². The number of likely N-dealkylation sites (tertiary alicyclic amines) is 1. The molecular formula is C39H58N4O3. The van der Waals surface area contributed by atoms with Gasteiger partial charge in [-0.05, 0) is 104 Å². The topological polar surface area (TPSA) is 80.1 Å². The van der Waals surface area contributed by atoms with Crippen LogP contribution in [-0.2, 0) is 4.79 Å². The molecule has 2 aliphatic heterocycles. The zero-order chi connectivity index (χ0) is 32.4. The predicted molar refractivity (Wildman–Crippen MR) is 183 cm³/mol. The number of anilines is 1. The minimum Gasteiger partial charge on any atom is -0.393 e. The number of allylic oxidation sites excluding steroid dienone is 3. The van der Waals surface area contributed by atoms with Crippen molar-refractivity contribution in [1.82, 2.24) is 14.8 Å². The number of hydrogen-bond acceptors (Lipinski definition) is 7. The van der Waals surface area contributed by atoms with Gasteiger partial charge in [-0.1, -0.05) is 51.0 Å². The van der Waals surface area contributed by atoms with Crippen molar-refractivity contribution in [2.45, 2.75) is 97.8 Å². The smallest absolute Gasteiger partial charge is 0.163 e. The van der Waals surface area contributed by atoms with Gasteiger partial charge in [0.15, 0.2) is 5.78 Å². The molecule has 252 valence electrons. The first-order valence-electron chi connectivity index (χ1n) is 18.4. The molecule has 0 unspecified atom stereocenters. The molecule has 2 saturated carbocycles. The van der Waals surface area contributed by atoms with Crippen LogP contribution in [-0.4, -0.2) is 94.8 Å². The molecule has 0 amide bonds. The van der Waals surface area contributed by atoms with Crippen LogP contribution < -0.4 is 4.90 Å². The van der Waals surface area contributed by atoms with Crippen LogP contribution in [0.15, 0.2) is 47.2 Å². The minimum atomic E-state index is -0.353. The molecule has 0 aromatic carbocycles. The van der Waals surface area contributed by atoms with Gasteiger partial charge in [0.05, 0.1) is 12.2 Å². The second-order valence-electron chi connectivity index (χ2n) is 16.6. The number of ketones is 1. The Morgan fingerprint density at radius 3 is 2.59 bits per heavy atom. The highest BCUT2D eigenvalue weighted by atomic mass is 16.3. The van der Waals surface area contributed by atoms with Crippen LogP contribution in [0.4, 0.5) is 5.82 Å². The largest absolute Gasteiger partial charge is 0.393 e. The van der Waals surface area contributed by atoms with Crippen LogP contribution in [0.3, 0.4) is 0 Å². The van der Waals surface area contributed by atoms with Crippen molar-refractivity contribution in [3.63, 3.8) is 0 Å². The van der Waals surface area contributed by atoms with Crippen LogP contribution in [0.1, 0.15) is 79.6 Å². The van der Waals surface area contributed by atoms with E-state index >= 15 is 0 Å². The van der Waals surface area contributed by atoms with Crippen LogP contribution in [0, 0.1) is 40.4 Å². The molecule has 0 spiro atoms. The molecule has 3 heterocycles. The van der Waals surface area contributed by atoms with Gasteiger partial charge in [0.25, 0.3) is 0 Å². The second kappa shape index (κ2) is 12.4. The van der Waals surface area contributed by atoms with E-state index in [9.17, 15) is 15.0 Å². The maximum Gasteiger partial charge on any atom is 0.163 e. The molecule has 2 N–H and O–H groups in total. The van der Waals surface area contributed by atoms with E-state index in [2.05, 4.69) is 72.5 Å². The Bertz CT molecular complexity index is 1350. The van der Waals surface area contributed by atoms with E-state index in [1.807, 2.05) is 12.3 Å². The first-order chi connectivity index (χ1) is 22.0. The SMILES string of the molecule is CC1=C2C(=O)[C@H]3[C@@H](CC=C4C[C@@H](O)CC[C@@]43C)[C@@H]2CC[C@@]1(C)[C@H](C)[C@H]1[C@H](O)C[C@H](C)CN1CCN1CCN(c2ccccn2)CC1. The van der Waals surface area contributed by atoms with E-state index in [1.54, 1.807) is 0 Å². The lowest BCUT2D eigenvalue weighted by Gasteiger charge is -2.52. The normalized spacial score (nSPS) is 41.1. The van der Waals surface area contributed by atoms with E-state index < -0.39 is 0 Å². The number of Topliss-reactive ketones (excluding diaryl/α,β-unsaturated/α-hetero) is 1. The average molecular weight is 631 g/mol. The molecule has 7 heteroatoms.